The van der Waals surface area contributed by atoms with Gasteiger partial charge in [-0.2, -0.15) is 0 Å². The molecule has 0 spiro atoms. The third kappa shape index (κ3) is 7.09. The zero-order valence-electron chi connectivity index (χ0n) is 12.5. The van der Waals surface area contributed by atoms with Crippen LogP contribution in [0, 0.1) is 5.82 Å². The minimum Gasteiger partial charge on any atom is -0.444 e. The monoisotopic (exact) mass is 282 g/mol. The van der Waals surface area contributed by atoms with Crippen LogP contribution >= 0.6 is 0 Å². The minimum absolute atomic E-state index is 0.0506. The fourth-order valence-corrected chi connectivity index (χ4v) is 1.60. The maximum Gasteiger partial charge on any atom is 0.407 e. The van der Waals surface area contributed by atoms with Gasteiger partial charge in [-0.3, -0.25) is 0 Å². The Morgan fingerprint density at radius 2 is 1.90 bits per heavy atom. The van der Waals surface area contributed by atoms with Crippen molar-refractivity contribution in [1.29, 1.82) is 0 Å². The first-order valence-corrected chi connectivity index (χ1v) is 6.71. The van der Waals surface area contributed by atoms with Gasteiger partial charge in [-0.05, 0) is 45.4 Å². The standard InChI is InChI=1S/C15H23FN2O2/c1-11(18-14(19)20-15(2,3)4)9-17-10-12-5-7-13(16)8-6-12/h5-8,11,17H,9-10H2,1-4H3,(H,18,19). The highest BCUT2D eigenvalue weighted by Gasteiger charge is 2.17. The van der Waals surface area contributed by atoms with Crippen LogP contribution in [0.15, 0.2) is 24.3 Å². The molecule has 1 unspecified atom stereocenters. The van der Waals surface area contributed by atoms with E-state index in [9.17, 15) is 9.18 Å². The lowest BCUT2D eigenvalue weighted by Crippen LogP contribution is -2.42. The van der Waals surface area contributed by atoms with Crippen molar-refractivity contribution in [3.8, 4) is 0 Å². The number of hydrogen-bond donors (Lipinski definition) is 2. The number of carbonyl (C=O) groups is 1. The first kappa shape index (κ1) is 16.4. The Kier molecular flexibility index (Phi) is 5.95. The maximum absolute atomic E-state index is 12.7. The van der Waals surface area contributed by atoms with Gasteiger partial charge in [0.15, 0.2) is 0 Å². The molecule has 0 aliphatic heterocycles. The largest absolute Gasteiger partial charge is 0.444 e. The summed E-state index contributed by atoms with van der Waals surface area (Å²) in [5, 5.41) is 5.94. The Bertz CT molecular complexity index is 426. The van der Waals surface area contributed by atoms with Gasteiger partial charge >= 0.3 is 6.09 Å². The van der Waals surface area contributed by atoms with Crippen molar-refractivity contribution in [2.75, 3.05) is 6.54 Å². The molecule has 0 saturated heterocycles. The predicted molar refractivity (Wildman–Crippen MR) is 76.9 cm³/mol. The highest BCUT2D eigenvalue weighted by molar-refractivity contribution is 5.68. The van der Waals surface area contributed by atoms with E-state index in [1.165, 1.54) is 12.1 Å². The molecule has 5 heteroatoms. The molecule has 1 rings (SSSR count). The average Bonchev–Trinajstić information content (AvgIpc) is 2.29. The van der Waals surface area contributed by atoms with Gasteiger partial charge in [-0.1, -0.05) is 12.1 Å². The molecule has 0 aliphatic carbocycles. The van der Waals surface area contributed by atoms with E-state index in [2.05, 4.69) is 10.6 Å². The van der Waals surface area contributed by atoms with Gasteiger partial charge in [-0.15, -0.1) is 0 Å². The predicted octanol–water partition coefficient (Wildman–Crippen LogP) is 2.83. The number of nitrogens with one attached hydrogen (secondary N) is 2. The van der Waals surface area contributed by atoms with E-state index in [0.717, 1.165) is 5.56 Å². The van der Waals surface area contributed by atoms with Gasteiger partial charge in [0.05, 0.1) is 0 Å². The first-order valence-electron chi connectivity index (χ1n) is 6.71. The molecular weight excluding hydrogens is 259 g/mol. The van der Waals surface area contributed by atoms with Crippen LogP contribution in [0.2, 0.25) is 0 Å². The fourth-order valence-electron chi connectivity index (χ4n) is 1.60. The molecule has 0 radical (unpaired) electrons. The summed E-state index contributed by atoms with van der Waals surface area (Å²) in [6.45, 7) is 8.59. The molecule has 2 N–H and O–H groups in total. The average molecular weight is 282 g/mol. The van der Waals surface area contributed by atoms with Crippen molar-refractivity contribution in [3.63, 3.8) is 0 Å². The summed E-state index contributed by atoms with van der Waals surface area (Å²) in [4.78, 5) is 11.5. The number of rotatable bonds is 5. The summed E-state index contributed by atoms with van der Waals surface area (Å²) in [6.07, 6.45) is -0.423. The lowest BCUT2D eigenvalue weighted by atomic mass is 10.2. The summed E-state index contributed by atoms with van der Waals surface area (Å²) >= 11 is 0. The van der Waals surface area contributed by atoms with Gasteiger partial charge in [0, 0.05) is 19.1 Å². The van der Waals surface area contributed by atoms with Crippen molar-refractivity contribution < 1.29 is 13.9 Å². The lowest BCUT2D eigenvalue weighted by molar-refractivity contribution is 0.0508. The van der Waals surface area contributed by atoms with Gasteiger partial charge in [0.1, 0.15) is 11.4 Å². The van der Waals surface area contributed by atoms with Crippen LogP contribution < -0.4 is 10.6 Å². The van der Waals surface area contributed by atoms with Crippen LogP contribution in [-0.4, -0.2) is 24.3 Å². The molecule has 20 heavy (non-hydrogen) atoms. The number of amides is 1. The van der Waals surface area contributed by atoms with Crippen LogP contribution in [0.5, 0.6) is 0 Å². The van der Waals surface area contributed by atoms with E-state index >= 15 is 0 Å². The van der Waals surface area contributed by atoms with Crippen molar-refractivity contribution in [2.24, 2.45) is 0 Å². The maximum atomic E-state index is 12.7. The second kappa shape index (κ2) is 7.24. The molecule has 0 heterocycles. The summed E-state index contributed by atoms with van der Waals surface area (Å²) in [7, 11) is 0. The number of benzene rings is 1. The Labute approximate surface area is 119 Å². The van der Waals surface area contributed by atoms with Crippen molar-refractivity contribution >= 4 is 6.09 Å². The Morgan fingerprint density at radius 1 is 1.30 bits per heavy atom. The zero-order chi connectivity index (χ0) is 15.2. The Balaban J connectivity index is 2.24. The third-order valence-corrected chi connectivity index (χ3v) is 2.46. The van der Waals surface area contributed by atoms with Crippen molar-refractivity contribution in [1.82, 2.24) is 10.6 Å². The molecule has 0 aromatic heterocycles. The molecule has 1 aromatic carbocycles. The highest BCUT2D eigenvalue weighted by Crippen LogP contribution is 2.06. The molecule has 0 fully saturated rings. The second-order valence-corrected chi connectivity index (χ2v) is 5.80. The Hall–Kier alpha value is -1.62. The van der Waals surface area contributed by atoms with Gasteiger partial charge in [0.2, 0.25) is 0 Å². The summed E-state index contributed by atoms with van der Waals surface area (Å²) in [6, 6.07) is 6.27. The molecule has 0 bridgehead atoms. The van der Waals surface area contributed by atoms with Crippen molar-refractivity contribution in [2.45, 2.75) is 45.9 Å². The third-order valence-electron chi connectivity index (χ3n) is 2.46. The van der Waals surface area contributed by atoms with Gasteiger partial charge < -0.3 is 15.4 Å². The van der Waals surface area contributed by atoms with Gasteiger partial charge in [0.25, 0.3) is 0 Å². The molecule has 0 aliphatic rings. The summed E-state index contributed by atoms with van der Waals surface area (Å²) in [5.74, 6) is -0.242. The van der Waals surface area contributed by atoms with Crippen LogP contribution in [0.1, 0.15) is 33.3 Å². The molecule has 112 valence electrons. The van der Waals surface area contributed by atoms with Gasteiger partial charge in [-0.25, -0.2) is 9.18 Å². The molecule has 1 amide bonds. The first-order chi connectivity index (χ1) is 9.26. The van der Waals surface area contributed by atoms with Crippen LogP contribution in [-0.2, 0) is 11.3 Å². The van der Waals surface area contributed by atoms with E-state index in [1.807, 2.05) is 27.7 Å². The molecular formula is C15H23FN2O2. The van der Waals surface area contributed by atoms with Crippen LogP contribution in [0.25, 0.3) is 0 Å². The number of carbonyl (C=O) groups excluding carboxylic acids is 1. The quantitative estimate of drug-likeness (QED) is 0.873. The SMILES string of the molecule is CC(CNCc1ccc(F)cc1)NC(=O)OC(C)(C)C. The van der Waals surface area contributed by atoms with E-state index < -0.39 is 11.7 Å². The number of hydrogen-bond acceptors (Lipinski definition) is 3. The Morgan fingerprint density at radius 3 is 2.45 bits per heavy atom. The lowest BCUT2D eigenvalue weighted by Gasteiger charge is -2.22. The zero-order valence-corrected chi connectivity index (χ0v) is 12.5. The van der Waals surface area contributed by atoms with E-state index in [0.29, 0.717) is 13.1 Å². The normalized spacial score (nSPS) is 12.8. The minimum atomic E-state index is -0.495. The molecule has 1 atom stereocenters. The second-order valence-electron chi connectivity index (χ2n) is 5.80. The molecule has 0 saturated carbocycles. The summed E-state index contributed by atoms with van der Waals surface area (Å²) in [5.41, 5.74) is 0.501. The fraction of sp³-hybridized carbons (Fsp3) is 0.533. The number of alkyl carbamates (subject to hydrolysis) is 1. The van der Waals surface area contributed by atoms with E-state index in [-0.39, 0.29) is 11.9 Å². The smallest absolute Gasteiger partial charge is 0.407 e. The summed E-state index contributed by atoms with van der Waals surface area (Å²) < 4.78 is 17.9. The number of halogens is 1. The molecule has 1 aromatic rings. The van der Waals surface area contributed by atoms with Crippen LogP contribution in [0.4, 0.5) is 9.18 Å². The molecule has 4 nitrogen and oxygen atoms in total. The number of ether oxygens (including phenoxy) is 1. The highest BCUT2D eigenvalue weighted by atomic mass is 19.1. The van der Waals surface area contributed by atoms with E-state index in [4.69, 9.17) is 4.74 Å². The van der Waals surface area contributed by atoms with Crippen molar-refractivity contribution in [3.05, 3.63) is 35.6 Å². The topological polar surface area (TPSA) is 50.4 Å². The van der Waals surface area contributed by atoms with Crippen LogP contribution in [0.3, 0.4) is 0 Å². The van der Waals surface area contributed by atoms with E-state index in [1.54, 1.807) is 12.1 Å².